The molecule has 3 rings (SSSR count). The van der Waals surface area contributed by atoms with Crippen LogP contribution < -0.4 is 4.90 Å². The normalized spacial score (nSPS) is 24.8. The van der Waals surface area contributed by atoms with Gasteiger partial charge < -0.3 is 9.69 Å². The number of rotatable bonds is 2. The number of fused-ring (bicyclic) bond motifs is 1. The van der Waals surface area contributed by atoms with Gasteiger partial charge in [-0.25, -0.2) is 0 Å². The third kappa shape index (κ3) is 1.28. The average Bonchev–Trinajstić information content (AvgIpc) is 2.55. The summed E-state index contributed by atoms with van der Waals surface area (Å²) in [5, 5.41) is 0. The second-order valence-corrected chi connectivity index (χ2v) is 4.53. The molecule has 1 heterocycles. The summed E-state index contributed by atoms with van der Waals surface area (Å²) in [5.74, 6) is 0. The molecule has 2 nitrogen and oxygen atoms in total. The number of anilines is 1. The molecule has 0 radical (unpaired) electrons. The van der Waals surface area contributed by atoms with E-state index in [2.05, 4.69) is 29.2 Å². The zero-order chi connectivity index (χ0) is 10.3. The van der Waals surface area contributed by atoms with Crippen LogP contribution in [0.3, 0.4) is 0 Å². The van der Waals surface area contributed by atoms with Crippen LogP contribution in [0.4, 0.5) is 5.69 Å². The van der Waals surface area contributed by atoms with E-state index in [1.54, 1.807) is 0 Å². The molecule has 0 aromatic heterocycles. The van der Waals surface area contributed by atoms with Crippen LogP contribution in [0.2, 0.25) is 0 Å². The zero-order valence-electron chi connectivity index (χ0n) is 8.73. The summed E-state index contributed by atoms with van der Waals surface area (Å²) < 4.78 is 0. The summed E-state index contributed by atoms with van der Waals surface area (Å²) in [6, 6.07) is 9.13. The van der Waals surface area contributed by atoms with E-state index in [1.165, 1.54) is 30.5 Å². The maximum absolute atomic E-state index is 11.1. The van der Waals surface area contributed by atoms with Crippen LogP contribution >= 0.6 is 0 Å². The van der Waals surface area contributed by atoms with Gasteiger partial charge in [0.1, 0.15) is 6.29 Å². The molecule has 0 amide bonds. The highest BCUT2D eigenvalue weighted by atomic mass is 16.1. The monoisotopic (exact) mass is 201 g/mol. The first-order chi connectivity index (χ1) is 7.40. The molecule has 0 spiro atoms. The summed E-state index contributed by atoms with van der Waals surface area (Å²) in [6.07, 6.45) is 5.82. The summed E-state index contributed by atoms with van der Waals surface area (Å²) in [4.78, 5) is 13.4. The molecule has 0 saturated heterocycles. The highest BCUT2D eigenvalue weighted by Crippen LogP contribution is 2.38. The highest BCUT2D eigenvalue weighted by Gasteiger charge is 2.36. The quantitative estimate of drug-likeness (QED) is 0.683. The Labute approximate surface area is 89.9 Å². The van der Waals surface area contributed by atoms with Crippen LogP contribution in [-0.2, 0) is 11.2 Å². The van der Waals surface area contributed by atoms with Crippen LogP contribution in [0.25, 0.3) is 0 Å². The van der Waals surface area contributed by atoms with Crippen molar-refractivity contribution in [3.63, 3.8) is 0 Å². The minimum atomic E-state index is 0.0905. The molecule has 1 aromatic carbocycles. The molecule has 15 heavy (non-hydrogen) atoms. The van der Waals surface area contributed by atoms with Gasteiger partial charge in [0.2, 0.25) is 0 Å². The second-order valence-electron chi connectivity index (χ2n) is 4.53. The number of benzene rings is 1. The fourth-order valence-corrected chi connectivity index (χ4v) is 2.68. The van der Waals surface area contributed by atoms with Crippen molar-refractivity contribution in [3.8, 4) is 0 Å². The Morgan fingerprint density at radius 2 is 2.07 bits per heavy atom. The Bertz CT molecular complexity index is 384. The number of carbonyl (C=O) groups is 1. The third-order valence-electron chi connectivity index (χ3n) is 3.68. The van der Waals surface area contributed by atoms with Crippen molar-refractivity contribution >= 4 is 12.0 Å². The number of carbonyl (C=O) groups excluding carboxylic acids is 1. The predicted molar refractivity (Wildman–Crippen MR) is 60.1 cm³/mol. The Kier molecular flexibility index (Phi) is 2.01. The van der Waals surface area contributed by atoms with Crippen molar-refractivity contribution < 1.29 is 4.79 Å². The van der Waals surface area contributed by atoms with Gasteiger partial charge in [-0.1, -0.05) is 18.2 Å². The van der Waals surface area contributed by atoms with Crippen LogP contribution in [0.15, 0.2) is 24.3 Å². The molecule has 1 saturated carbocycles. The van der Waals surface area contributed by atoms with Crippen LogP contribution in [-0.4, -0.2) is 18.4 Å². The predicted octanol–water partition coefficient (Wildman–Crippen LogP) is 2.17. The highest BCUT2D eigenvalue weighted by molar-refractivity contribution is 5.74. The van der Waals surface area contributed by atoms with Crippen molar-refractivity contribution in [3.05, 3.63) is 29.8 Å². The molecule has 1 aliphatic heterocycles. The molecule has 0 N–H and O–H groups in total. The molecule has 78 valence electrons. The lowest BCUT2D eigenvalue weighted by molar-refractivity contribution is -0.109. The molecule has 1 aromatic rings. The largest absolute Gasteiger partial charge is 0.358 e. The van der Waals surface area contributed by atoms with Crippen molar-refractivity contribution in [2.45, 2.75) is 37.8 Å². The van der Waals surface area contributed by atoms with Gasteiger partial charge >= 0.3 is 0 Å². The van der Waals surface area contributed by atoms with E-state index in [9.17, 15) is 4.79 Å². The van der Waals surface area contributed by atoms with E-state index in [1.807, 2.05) is 0 Å². The summed E-state index contributed by atoms with van der Waals surface area (Å²) >= 11 is 0. The molecule has 1 aliphatic carbocycles. The smallest absolute Gasteiger partial charge is 0.142 e. The van der Waals surface area contributed by atoms with E-state index < -0.39 is 0 Å². The van der Waals surface area contributed by atoms with Gasteiger partial charge in [0, 0.05) is 18.2 Å². The summed E-state index contributed by atoms with van der Waals surface area (Å²) in [5.41, 5.74) is 2.63. The number of nitrogens with zero attached hydrogens (tertiary/aromatic N) is 1. The van der Waals surface area contributed by atoms with Crippen LogP contribution in [0, 0.1) is 0 Å². The van der Waals surface area contributed by atoms with Crippen molar-refractivity contribution in [1.82, 2.24) is 0 Å². The standard InChI is InChI=1S/C13H15NO/c15-9-12-8-10-4-1-2-7-13(10)14(12)11-5-3-6-11/h1-2,4,7,9,11-12H,3,5-6,8H2. The van der Waals surface area contributed by atoms with Gasteiger partial charge in [0.05, 0.1) is 6.04 Å². The summed E-state index contributed by atoms with van der Waals surface area (Å²) in [6.45, 7) is 0. The van der Waals surface area contributed by atoms with Gasteiger partial charge in [-0.15, -0.1) is 0 Å². The number of hydrogen-bond donors (Lipinski definition) is 0. The van der Waals surface area contributed by atoms with E-state index in [4.69, 9.17) is 0 Å². The Hall–Kier alpha value is -1.31. The van der Waals surface area contributed by atoms with E-state index >= 15 is 0 Å². The Morgan fingerprint density at radius 1 is 1.27 bits per heavy atom. The summed E-state index contributed by atoms with van der Waals surface area (Å²) in [7, 11) is 0. The molecular weight excluding hydrogens is 186 g/mol. The minimum absolute atomic E-state index is 0.0905. The molecule has 1 unspecified atom stereocenters. The van der Waals surface area contributed by atoms with E-state index in [0.717, 1.165) is 12.7 Å². The SMILES string of the molecule is O=CC1Cc2ccccc2N1C1CCC1. The second kappa shape index (κ2) is 3.37. The third-order valence-corrected chi connectivity index (χ3v) is 3.68. The van der Waals surface area contributed by atoms with Gasteiger partial charge in [0.25, 0.3) is 0 Å². The lowest BCUT2D eigenvalue weighted by atomic mass is 9.91. The Balaban J connectivity index is 1.98. The molecule has 1 atom stereocenters. The topological polar surface area (TPSA) is 20.3 Å². The van der Waals surface area contributed by atoms with Crippen molar-refractivity contribution in [2.24, 2.45) is 0 Å². The van der Waals surface area contributed by atoms with Gasteiger partial charge in [-0.05, 0) is 30.9 Å². The molecule has 2 aliphatic rings. The minimum Gasteiger partial charge on any atom is -0.358 e. The van der Waals surface area contributed by atoms with Crippen molar-refractivity contribution in [1.29, 1.82) is 0 Å². The zero-order valence-corrected chi connectivity index (χ0v) is 8.73. The fraction of sp³-hybridized carbons (Fsp3) is 0.462. The lowest BCUT2D eigenvalue weighted by Gasteiger charge is -2.39. The lowest BCUT2D eigenvalue weighted by Crippen LogP contribution is -2.45. The van der Waals surface area contributed by atoms with E-state index in [-0.39, 0.29) is 6.04 Å². The first-order valence-electron chi connectivity index (χ1n) is 5.71. The van der Waals surface area contributed by atoms with Crippen molar-refractivity contribution in [2.75, 3.05) is 4.90 Å². The number of hydrogen-bond acceptors (Lipinski definition) is 2. The average molecular weight is 201 g/mol. The molecule has 0 bridgehead atoms. The van der Waals surface area contributed by atoms with Gasteiger partial charge in [-0.2, -0.15) is 0 Å². The first-order valence-corrected chi connectivity index (χ1v) is 5.71. The van der Waals surface area contributed by atoms with Crippen LogP contribution in [0.1, 0.15) is 24.8 Å². The number of para-hydroxylation sites is 1. The van der Waals surface area contributed by atoms with E-state index in [0.29, 0.717) is 6.04 Å². The van der Waals surface area contributed by atoms with Crippen LogP contribution in [0.5, 0.6) is 0 Å². The van der Waals surface area contributed by atoms with Gasteiger partial charge in [0.15, 0.2) is 0 Å². The maximum atomic E-state index is 11.1. The molecule has 2 heteroatoms. The first kappa shape index (κ1) is 8.96. The fourth-order valence-electron chi connectivity index (χ4n) is 2.68. The molecule has 1 fully saturated rings. The number of aldehydes is 1. The van der Waals surface area contributed by atoms with Gasteiger partial charge in [-0.3, -0.25) is 0 Å². The Morgan fingerprint density at radius 3 is 2.73 bits per heavy atom. The maximum Gasteiger partial charge on any atom is 0.142 e. The molecular formula is C13H15NO.